The van der Waals surface area contributed by atoms with Crippen LogP contribution in [0.1, 0.15) is 30.1 Å². The Kier molecular flexibility index (Phi) is 4.02. The zero-order chi connectivity index (χ0) is 17.6. The zero-order valence-electron chi connectivity index (χ0n) is 13.5. The molecule has 7 heteroatoms. The molecule has 0 amide bonds. The average Bonchev–Trinajstić information content (AvgIpc) is 3.30. The molecule has 2 aliphatic carbocycles. The van der Waals surface area contributed by atoms with Crippen molar-refractivity contribution in [2.24, 2.45) is 5.14 Å². The van der Waals surface area contributed by atoms with Crippen LogP contribution in [-0.4, -0.2) is 20.5 Å². The Morgan fingerprint density at radius 2 is 1.92 bits per heavy atom. The smallest absolute Gasteiger partial charge is 0.238 e. The number of primary sulfonamides is 1. The number of benzene rings is 2. The molecule has 4 rings (SSSR count). The lowest BCUT2D eigenvalue weighted by Crippen LogP contribution is -2.36. The number of sulfonamides is 1. The molecule has 0 aromatic heterocycles. The first kappa shape index (κ1) is 16.5. The van der Waals surface area contributed by atoms with E-state index in [1.165, 1.54) is 17.7 Å². The number of fused-ring (bicyclic) bond motifs is 1. The van der Waals surface area contributed by atoms with Crippen molar-refractivity contribution in [3.05, 3.63) is 59.4 Å². The number of nitrogens with two attached hydrogens (primary N) is 1. The summed E-state index contributed by atoms with van der Waals surface area (Å²) in [6.07, 6.45) is 2.81. The molecule has 2 aliphatic rings. The van der Waals surface area contributed by atoms with Gasteiger partial charge in [0.15, 0.2) is 11.6 Å². The summed E-state index contributed by atoms with van der Waals surface area (Å²) in [5, 5.41) is 8.60. The molecule has 0 spiro atoms. The van der Waals surface area contributed by atoms with Gasteiger partial charge in [-0.3, -0.25) is 0 Å². The third-order valence-corrected chi connectivity index (χ3v) is 5.59. The number of halogens is 1. The molecule has 2 aromatic rings. The molecular formula is C18H19FN2O3S. The molecule has 0 bridgehead atoms. The molecule has 132 valence electrons. The Balaban J connectivity index is 1.63. The third-order valence-electron chi connectivity index (χ3n) is 4.68. The summed E-state index contributed by atoms with van der Waals surface area (Å²) in [7, 11) is -3.94. The molecule has 0 unspecified atom stereocenters. The van der Waals surface area contributed by atoms with Crippen LogP contribution in [-0.2, 0) is 16.4 Å². The number of ether oxygens (including phenoxy) is 1. The number of nitrogens with one attached hydrogen (secondary N) is 1. The predicted molar refractivity (Wildman–Crippen MR) is 91.2 cm³/mol. The van der Waals surface area contributed by atoms with E-state index in [2.05, 4.69) is 11.4 Å². The first-order valence-electron chi connectivity index (χ1n) is 8.25. The van der Waals surface area contributed by atoms with Gasteiger partial charge in [0.2, 0.25) is 10.0 Å². The Bertz CT molecular complexity index is 912. The minimum Gasteiger partial charge on any atom is -0.481 e. The maximum absolute atomic E-state index is 14.3. The van der Waals surface area contributed by atoms with Crippen LogP contribution >= 0.6 is 0 Å². The second-order valence-corrected chi connectivity index (χ2v) is 8.19. The van der Waals surface area contributed by atoms with Crippen molar-refractivity contribution in [3.8, 4) is 5.75 Å². The second kappa shape index (κ2) is 6.09. The second-order valence-electron chi connectivity index (χ2n) is 6.63. The van der Waals surface area contributed by atoms with Crippen molar-refractivity contribution < 1.29 is 17.5 Å². The van der Waals surface area contributed by atoms with Gasteiger partial charge in [-0.1, -0.05) is 24.3 Å². The van der Waals surface area contributed by atoms with Crippen molar-refractivity contribution in [1.29, 1.82) is 0 Å². The Morgan fingerprint density at radius 3 is 2.60 bits per heavy atom. The largest absolute Gasteiger partial charge is 0.481 e. The summed E-state index contributed by atoms with van der Waals surface area (Å²) < 4.78 is 43.0. The highest BCUT2D eigenvalue weighted by atomic mass is 32.2. The molecule has 0 saturated heterocycles. The molecule has 0 heterocycles. The highest BCUT2D eigenvalue weighted by Gasteiger charge is 2.37. The molecule has 5 nitrogen and oxygen atoms in total. The van der Waals surface area contributed by atoms with Crippen LogP contribution in [0.4, 0.5) is 4.39 Å². The minimum absolute atomic E-state index is 0.0247. The first-order chi connectivity index (χ1) is 11.9. The lowest BCUT2D eigenvalue weighted by Gasteiger charge is -2.23. The lowest BCUT2D eigenvalue weighted by atomic mass is 10.1. The normalized spacial score (nSPS) is 22.6. The Morgan fingerprint density at radius 1 is 1.16 bits per heavy atom. The summed E-state index contributed by atoms with van der Waals surface area (Å²) in [6, 6.07) is 12.0. The van der Waals surface area contributed by atoms with Gasteiger partial charge < -0.3 is 10.1 Å². The molecule has 25 heavy (non-hydrogen) atoms. The SMILES string of the molecule is NS(=O)(=O)c1ccc(O[C@@H]2c3ccccc3C[C@H]2NC2CC2)c(F)c1. The van der Waals surface area contributed by atoms with Crippen LogP contribution in [0.3, 0.4) is 0 Å². The van der Waals surface area contributed by atoms with Gasteiger partial charge in [0, 0.05) is 6.04 Å². The van der Waals surface area contributed by atoms with E-state index in [0.717, 1.165) is 30.9 Å². The van der Waals surface area contributed by atoms with Crippen LogP contribution in [0.2, 0.25) is 0 Å². The summed E-state index contributed by atoms with van der Waals surface area (Å²) in [5.74, 6) is -0.710. The summed E-state index contributed by atoms with van der Waals surface area (Å²) >= 11 is 0. The summed E-state index contributed by atoms with van der Waals surface area (Å²) in [6.45, 7) is 0. The van der Waals surface area contributed by atoms with E-state index < -0.39 is 15.8 Å². The van der Waals surface area contributed by atoms with Gasteiger partial charge >= 0.3 is 0 Å². The fraction of sp³-hybridized carbons (Fsp3) is 0.333. The van der Waals surface area contributed by atoms with Crippen LogP contribution < -0.4 is 15.2 Å². The number of hydrogen-bond acceptors (Lipinski definition) is 4. The van der Waals surface area contributed by atoms with Gasteiger partial charge in [0.05, 0.1) is 10.9 Å². The van der Waals surface area contributed by atoms with E-state index in [1.54, 1.807) is 0 Å². The average molecular weight is 362 g/mol. The van der Waals surface area contributed by atoms with E-state index in [-0.39, 0.29) is 22.8 Å². The first-order valence-corrected chi connectivity index (χ1v) is 9.79. The van der Waals surface area contributed by atoms with Gasteiger partial charge in [0.25, 0.3) is 0 Å². The van der Waals surface area contributed by atoms with Crippen molar-refractivity contribution >= 4 is 10.0 Å². The van der Waals surface area contributed by atoms with Gasteiger partial charge in [-0.15, -0.1) is 0 Å². The van der Waals surface area contributed by atoms with Crippen LogP contribution in [0.15, 0.2) is 47.4 Å². The molecular weight excluding hydrogens is 343 g/mol. The van der Waals surface area contributed by atoms with Gasteiger partial charge in [0.1, 0.15) is 6.10 Å². The van der Waals surface area contributed by atoms with E-state index in [4.69, 9.17) is 9.88 Å². The quantitative estimate of drug-likeness (QED) is 0.855. The van der Waals surface area contributed by atoms with Crippen LogP contribution in [0.25, 0.3) is 0 Å². The highest BCUT2D eigenvalue weighted by Crippen LogP contribution is 2.37. The number of rotatable bonds is 5. The fourth-order valence-electron chi connectivity index (χ4n) is 3.29. The van der Waals surface area contributed by atoms with E-state index in [1.807, 2.05) is 18.2 Å². The van der Waals surface area contributed by atoms with Crippen molar-refractivity contribution in [1.82, 2.24) is 5.32 Å². The van der Waals surface area contributed by atoms with E-state index >= 15 is 0 Å². The van der Waals surface area contributed by atoms with E-state index in [0.29, 0.717) is 6.04 Å². The van der Waals surface area contributed by atoms with Gasteiger partial charge in [-0.2, -0.15) is 0 Å². The Hall–Kier alpha value is -1.96. The molecule has 1 saturated carbocycles. The van der Waals surface area contributed by atoms with Crippen LogP contribution in [0, 0.1) is 5.82 Å². The summed E-state index contributed by atoms with van der Waals surface area (Å²) in [4.78, 5) is -0.267. The molecule has 3 N–H and O–H groups in total. The number of hydrogen-bond donors (Lipinski definition) is 2. The zero-order valence-corrected chi connectivity index (χ0v) is 14.3. The molecule has 1 fully saturated rings. The molecule has 0 radical (unpaired) electrons. The maximum atomic E-state index is 14.3. The Labute approximate surface area is 146 Å². The summed E-state index contributed by atoms with van der Waals surface area (Å²) in [5.41, 5.74) is 2.22. The topological polar surface area (TPSA) is 81.4 Å². The highest BCUT2D eigenvalue weighted by molar-refractivity contribution is 7.89. The fourth-order valence-corrected chi connectivity index (χ4v) is 3.82. The van der Waals surface area contributed by atoms with Crippen molar-refractivity contribution in [2.75, 3.05) is 0 Å². The van der Waals surface area contributed by atoms with Gasteiger partial charge in [-0.25, -0.2) is 17.9 Å². The standard InChI is InChI=1S/C18H19FN2O3S/c19-15-10-13(25(20,22)23)7-8-17(15)24-18-14-4-2-1-3-11(14)9-16(18)21-12-5-6-12/h1-4,7-8,10,12,16,18,21H,5-6,9H2,(H2,20,22,23)/t16-,18-/m1/s1. The monoisotopic (exact) mass is 362 g/mol. The van der Waals surface area contributed by atoms with Crippen LogP contribution in [0.5, 0.6) is 5.75 Å². The van der Waals surface area contributed by atoms with Gasteiger partial charge in [-0.05, 0) is 48.6 Å². The maximum Gasteiger partial charge on any atom is 0.238 e. The predicted octanol–water partition coefficient (Wildman–Crippen LogP) is 2.27. The minimum atomic E-state index is -3.94. The molecule has 2 atom stereocenters. The van der Waals surface area contributed by atoms with Crippen molar-refractivity contribution in [3.63, 3.8) is 0 Å². The third kappa shape index (κ3) is 3.40. The molecule has 2 aromatic carbocycles. The molecule has 0 aliphatic heterocycles. The van der Waals surface area contributed by atoms with Crippen molar-refractivity contribution in [2.45, 2.75) is 42.3 Å². The van der Waals surface area contributed by atoms with E-state index in [9.17, 15) is 12.8 Å². The lowest BCUT2D eigenvalue weighted by molar-refractivity contribution is 0.159.